The first-order valence-electron chi connectivity index (χ1n) is 5.85. The molecule has 20 heavy (non-hydrogen) atoms. The molecule has 0 saturated carbocycles. The van der Waals surface area contributed by atoms with E-state index in [1.807, 2.05) is 25.1 Å². The lowest BCUT2D eigenvalue weighted by Gasteiger charge is -2.08. The zero-order chi connectivity index (χ0) is 14.5. The molecule has 0 atom stereocenters. The molecular weight excluding hydrogens is 360 g/mol. The monoisotopic (exact) mass is 370 g/mol. The molecule has 0 unspecified atom stereocenters. The normalized spacial score (nSPS) is 10.3. The van der Waals surface area contributed by atoms with Crippen LogP contribution in [0.4, 0.5) is 5.69 Å². The molecule has 0 saturated heterocycles. The summed E-state index contributed by atoms with van der Waals surface area (Å²) in [5.41, 5.74) is 1.82. The Morgan fingerprint density at radius 3 is 2.95 bits per heavy atom. The largest absolute Gasteiger partial charge is 0.325 e. The molecule has 2 rings (SSSR count). The van der Waals surface area contributed by atoms with E-state index in [4.69, 9.17) is 11.6 Å². The van der Waals surface area contributed by atoms with Gasteiger partial charge >= 0.3 is 0 Å². The molecule has 1 N–H and O–H groups in total. The lowest BCUT2D eigenvalue weighted by molar-refractivity contribution is -0.113. The van der Waals surface area contributed by atoms with Gasteiger partial charge in [-0.05, 0) is 42.8 Å². The quantitative estimate of drug-likeness (QED) is 0.802. The fourth-order valence-electron chi connectivity index (χ4n) is 1.56. The summed E-state index contributed by atoms with van der Waals surface area (Å²) in [4.78, 5) is 16.1. The van der Waals surface area contributed by atoms with Crippen molar-refractivity contribution in [3.63, 3.8) is 0 Å². The maximum absolute atomic E-state index is 11.9. The molecule has 6 heteroatoms. The van der Waals surface area contributed by atoms with Crippen molar-refractivity contribution in [3.8, 4) is 0 Å². The van der Waals surface area contributed by atoms with Gasteiger partial charge in [0.05, 0.1) is 10.8 Å². The zero-order valence-electron chi connectivity index (χ0n) is 10.7. The maximum atomic E-state index is 11.9. The minimum Gasteiger partial charge on any atom is -0.325 e. The van der Waals surface area contributed by atoms with Crippen LogP contribution < -0.4 is 5.32 Å². The van der Waals surface area contributed by atoms with Gasteiger partial charge in [-0.15, -0.1) is 0 Å². The number of thioether (sulfide) groups is 1. The van der Waals surface area contributed by atoms with Gasteiger partial charge in [0, 0.05) is 16.4 Å². The Morgan fingerprint density at radius 1 is 1.45 bits per heavy atom. The Bertz CT molecular complexity index is 636. The second kappa shape index (κ2) is 7.11. The van der Waals surface area contributed by atoms with Crippen LogP contribution in [0.2, 0.25) is 5.02 Å². The number of aromatic nitrogens is 1. The van der Waals surface area contributed by atoms with Crippen molar-refractivity contribution in [2.75, 3.05) is 11.1 Å². The van der Waals surface area contributed by atoms with Crippen molar-refractivity contribution >= 4 is 50.9 Å². The third-order valence-corrected chi connectivity index (χ3v) is 4.44. The fourth-order valence-corrected chi connectivity index (χ4v) is 3.01. The first kappa shape index (κ1) is 15.4. The van der Waals surface area contributed by atoms with Gasteiger partial charge in [0.2, 0.25) is 5.91 Å². The standard InChI is InChI=1S/C14H12BrClN2OS/c1-9-7-10(15)4-5-12(9)18-13(19)8-20-14-11(16)3-2-6-17-14/h2-7H,8H2,1H3,(H,18,19). The molecule has 0 aliphatic carbocycles. The summed E-state index contributed by atoms with van der Waals surface area (Å²) in [5.74, 6) is 0.189. The Hall–Kier alpha value is -1.04. The van der Waals surface area contributed by atoms with E-state index in [-0.39, 0.29) is 11.7 Å². The predicted octanol–water partition coefficient (Wildman–Crippen LogP) is 4.54. The number of pyridine rings is 1. The number of hydrogen-bond acceptors (Lipinski definition) is 3. The van der Waals surface area contributed by atoms with Gasteiger partial charge < -0.3 is 5.32 Å². The number of halogens is 2. The molecule has 1 aromatic carbocycles. The molecule has 0 fully saturated rings. The number of benzene rings is 1. The Labute approximate surface area is 135 Å². The first-order valence-corrected chi connectivity index (χ1v) is 8.01. The molecule has 0 bridgehead atoms. The molecule has 1 heterocycles. The number of rotatable bonds is 4. The minimum atomic E-state index is -0.0813. The lowest BCUT2D eigenvalue weighted by atomic mass is 10.2. The van der Waals surface area contributed by atoms with Gasteiger partial charge in [-0.3, -0.25) is 4.79 Å². The first-order chi connectivity index (χ1) is 9.56. The van der Waals surface area contributed by atoms with E-state index in [0.29, 0.717) is 10.0 Å². The van der Waals surface area contributed by atoms with Crippen molar-refractivity contribution < 1.29 is 4.79 Å². The summed E-state index contributed by atoms with van der Waals surface area (Å²) < 4.78 is 0.989. The van der Waals surface area contributed by atoms with Gasteiger partial charge in [0.1, 0.15) is 5.03 Å². The minimum absolute atomic E-state index is 0.0813. The van der Waals surface area contributed by atoms with Crippen LogP contribution in [0.1, 0.15) is 5.56 Å². The summed E-state index contributed by atoms with van der Waals surface area (Å²) >= 11 is 10.7. The molecule has 104 valence electrons. The summed E-state index contributed by atoms with van der Waals surface area (Å²) in [6.07, 6.45) is 1.66. The molecule has 2 aromatic rings. The van der Waals surface area contributed by atoms with Gasteiger partial charge in [0.15, 0.2) is 0 Å². The summed E-state index contributed by atoms with van der Waals surface area (Å²) in [6.45, 7) is 1.95. The number of nitrogens with one attached hydrogen (secondary N) is 1. The second-order valence-electron chi connectivity index (χ2n) is 4.09. The molecule has 0 aliphatic heterocycles. The van der Waals surface area contributed by atoms with E-state index in [9.17, 15) is 4.79 Å². The summed E-state index contributed by atoms with van der Waals surface area (Å²) in [7, 11) is 0. The van der Waals surface area contributed by atoms with Crippen LogP contribution in [0.15, 0.2) is 46.0 Å². The number of carbonyl (C=O) groups is 1. The molecule has 0 spiro atoms. The van der Waals surface area contributed by atoms with Gasteiger partial charge in [-0.25, -0.2) is 4.98 Å². The van der Waals surface area contributed by atoms with E-state index < -0.39 is 0 Å². The van der Waals surface area contributed by atoms with Crippen molar-refractivity contribution in [2.24, 2.45) is 0 Å². The van der Waals surface area contributed by atoms with Gasteiger partial charge in [0.25, 0.3) is 0 Å². The third kappa shape index (κ3) is 4.23. The highest BCUT2D eigenvalue weighted by Crippen LogP contribution is 2.25. The average molecular weight is 372 g/mol. The van der Waals surface area contributed by atoms with Gasteiger partial charge in [-0.2, -0.15) is 0 Å². The Balaban J connectivity index is 1.94. The highest BCUT2D eigenvalue weighted by atomic mass is 79.9. The molecule has 0 radical (unpaired) electrons. The van der Waals surface area contributed by atoms with Crippen molar-refractivity contribution in [3.05, 3.63) is 51.6 Å². The maximum Gasteiger partial charge on any atom is 0.234 e. The van der Waals surface area contributed by atoms with Crippen LogP contribution in [0, 0.1) is 6.92 Å². The number of amides is 1. The van der Waals surface area contributed by atoms with E-state index >= 15 is 0 Å². The number of hydrogen-bond donors (Lipinski definition) is 1. The van der Waals surface area contributed by atoms with Crippen LogP contribution in [0.3, 0.4) is 0 Å². The number of aryl methyl sites for hydroxylation is 1. The van der Waals surface area contributed by atoms with Crippen molar-refractivity contribution in [2.45, 2.75) is 11.9 Å². The predicted molar refractivity (Wildman–Crippen MR) is 87.5 cm³/mol. The highest BCUT2D eigenvalue weighted by Gasteiger charge is 2.08. The molecule has 1 aromatic heterocycles. The van der Waals surface area contributed by atoms with E-state index in [1.54, 1.807) is 18.3 Å². The summed E-state index contributed by atoms with van der Waals surface area (Å²) in [6, 6.07) is 9.24. The van der Waals surface area contributed by atoms with Gasteiger partial charge in [-0.1, -0.05) is 39.3 Å². The van der Waals surface area contributed by atoms with E-state index in [0.717, 1.165) is 15.7 Å². The number of nitrogens with zero attached hydrogens (tertiary/aromatic N) is 1. The average Bonchev–Trinajstić information content (AvgIpc) is 2.41. The Kier molecular flexibility index (Phi) is 5.46. The van der Waals surface area contributed by atoms with Crippen molar-refractivity contribution in [1.29, 1.82) is 0 Å². The topological polar surface area (TPSA) is 42.0 Å². The summed E-state index contributed by atoms with van der Waals surface area (Å²) in [5, 5.41) is 4.10. The van der Waals surface area contributed by atoms with Crippen LogP contribution >= 0.6 is 39.3 Å². The number of carbonyl (C=O) groups excluding carboxylic acids is 1. The third-order valence-electron chi connectivity index (χ3n) is 2.53. The van der Waals surface area contributed by atoms with Crippen molar-refractivity contribution in [1.82, 2.24) is 4.98 Å². The fraction of sp³-hybridized carbons (Fsp3) is 0.143. The lowest BCUT2D eigenvalue weighted by Crippen LogP contribution is -2.14. The van der Waals surface area contributed by atoms with Crippen LogP contribution in [0.5, 0.6) is 0 Å². The molecule has 1 amide bonds. The van der Waals surface area contributed by atoms with Crippen LogP contribution in [0.25, 0.3) is 0 Å². The molecular formula is C14H12BrClN2OS. The molecule has 0 aliphatic rings. The Morgan fingerprint density at radius 2 is 2.25 bits per heavy atom. The van der Waals surface area contributed by atoms with E-state index in [2.05, 4.69) is 26.2 Å². The van der Waals surface area contributed by atoms with Crippen LogP contribution in [-0.2, 0) is 4.79 Å². The highest BCUT2D eigenvalue weighted by molar-refractivity contribution is 9.10. The smallest absolute Gasteiger partial charge is 0.234 e. The van der Waals surface area contributed by atoms with Crippen LogP contribution in [-0.4, -0.2) is 16.6 Å². The zero-order valence-corrected chi connectivity index (χ0v) is 13.8. The van der Waals surface area contributed by atoms with E-state index in [1.165, 1.54) is 11.8 Å². The molecule has 3 nitrogen and oxygen atoms in total. The number of anilines is 1. The second-order valence-corrected chi connectivity index (χ2v) is 6.37. The SMILES string of the molecule is Cc1cc(Br)ccc1NC(=O)CSc1ncccc1Cl.